The van der Waals surface area contributed by atoms with Gasteiger partial charge in [0.15, 0.2) is 0 Å². The van der Waals surface area contributed by atoms with Crippen molar-refractivity contribution >= 4 is 23.6 Å². The van der Waals surface area contributed by atoms with E-state index in [0.29, 0.717) is 24.0 Å². The van der Waals surface area contributed by atoms with Gasteiger partial charge >= 0.3 is 0 Å². The molecule has 0 aliphatic carbocycles. The zero-order valence-electron chi connectivity index (χ0n) is 19.3. The van der Waals surface area contributed by atoms with Gasteiger partial charge in [-0.3, -0.25) is 4.79 Å². The summed E-state index contributed by atoms with van der Waals surface area (Å²) in [5.41, 5.74) is 6.77. The van der Waals surface area contributed by atoms with Crippen molar-refractivity contribution in [2.75, 3.05) is 46.2 Å². The Hall–Kier alpha value is -3.30. The third-order valence-corrected chi connectivity index (χ3v) is 5.82. The summed E-state index contributed by atoms with van der Waals surface area (Å²) in [5.74, 6) is 1.39. The highest BCUT2D eigenvalue weighted by Crippen LogP contribution is 2.34. The number of benzene rings is 2. The van der Waals surface area contributed by atoms with Crippen molar-refractivity contribution in [1.29, 1.82) is 0 Å². The minimum absolute atomic E-state index is 0.337. The summed E-state index contributed by atoms with van der Waals surface area (Å²) in [6.45, 7) is 2.00. The Labute approximate surface area is 198 Å². The molecule has 0 radical (unpaired) electrons. The van der Waals surface area contributed by atoms with E-state index in [2.05, 4.69) is 9.88 Å². The molecular weight excluding hydrogens is 438 g/mol. The summed E-state index contributed by atoms with van der Waals surface area (Å²) in [4.78, 5) is 26.4. The lowest BCUT2D eigenvalue weighted by Gasteiger charge is -2.20. The number of rotatable bonds is 11. The van der Waals surface area contributed by atoms with Gasteiger partial charge in [-0.2, -0.15) is 4.98 Å². The van der Waals surface area contributed by atoms with Crippen molar-refractivity contribution in [3.63, 3.8) is 0 Å². The van der Waals surface area contributed by atoms with Crippen LogP contribution in [-0.2, 0) is 6.61 Å². The van der Waals surface area contributed by atoms with Crippen molar-refractivity contribution in [2.45, 2.75) is 16.4 Å². The number of methoxy groups -OCH3 is 1. The predicted molar refractivity (Wildman–Crippen MR) is 130 cm³/mol. The van der Waals surface area contributed by atoms with Crippen LogP contribution in [0.4, 0.5) is 5.95 Å². The van der Waals surface area contributed by atoms with Crippen molar-refractivity contribution in [3.8, 4) is 11.6 Å². The summed E-state index contributed by atoms with van der Waals surface area (Å²) in [5, 5.41) is 0. The number of amides is 1. The predicted octanol–water partition coefficient (Wildman–Crippen LogP) is 3.31. The van der Waals surface area contributed by atoms with Crippen molar-refractivity contribution < 1.29 is 14.3 Å². The van der Waals surface area contributed by atoms with Gasteiger partial charge in [0.25, 0.3) is 0 Å². The van der Waals surface area contributed by atoms with Gasteiger partial charge in [0.2, 0.25) is 17.7 Å². The van der Waals surface area contributed by atoms with E-state index in [0.717, 1.165) is 34.2 Å². The normalized spacial score (nSPS) is 10.8. The van der Waals surface area contributed by atoms with Gasteiger partial charge in [-0.05, 0) is 56.1 Å². The number of carbonyl (C=O) groups excluding carboxylic acids is 1. The second-order valence-electron chi connectivity index (χ2n) is 7.70. The lowest BCUT2D eigenvalue weighted by atomic mass is 10.2. The van der Waals surface area contributed by atoms with Gasteiger partial charge < -0.3 is 25.0 Å². The number of hydrogen-bond acceptors (Lipinski definition) is 8. The third-order valence-electron chi connectivity index (χ3n) is 4.81. The zero-order chi connectivity index (χ0) is 23.8. The van der Waals surface area contributed by atoms with Crippen molar-refractivity contribution in [3.05, 3.63) is 65.9 Å². The molecule has 2 N–H and O–H groups in total. The van der Waals surface area contributed by atoms with Gasteiger partial charge in [0, 0.05) is 30.6 Å². The summed E-state index contributed by atoms with van der Waals surface area (Å²) in [6.07, 6.45) is 1.77. The summed E-state index contributed by atoms with van der Waals surface area (Å²) in [6, 6.07) is 14.8. The van der Waals surface area contributed by atoms with Crippen LogP contribution < -0.4 is 20.1 Å². The number of aromatic nitrogens is 2. The van der Waals surface area contributed by atoms with E-state index >= 15 is 0 Å². The Balaban J connectivity index is 1.84. The van der Waals surface area contributed by atoms with Crippen LogP contribution in [0.3, 0.4) is 0 Å². The maximum atomic E-state index is 11.3. The highest BCUT2D eigenvalue weighted by molar-refractivity contribution is 7.99. The topological polar surface area (TPSA) is 93.8 Å². The van der Waals surface area contributed by atoms with Crippen LogP contribution >= 0.6 is 11.8 Å². The number of anilines is 1. The second-order valence-corrected chi connectivity index (χ2v) is 8.81. The molecule has 1 amide bonds. The molecule has 0 saturated heterocycles. The maximum Gasteiger partial charge on any atom is 0.248 e. The van der Waals surface area contributed by atoms with E-state index in [9.17, 15) is 4.79 Å². The van der Waals surface area contributed by atoms with E-state index < -0.39 is 5.91 Å². The number of nitrogens with two attached hydrogens (primary N) is 1. The second kappa shape index (κ2) is 11.5. The van der Waals surface area contributed by atoms with E-state index in [1.54, 1.807) is 25.4 Å². The highest BCUT2D eigenvalue weighted by Gasteiger charge is 2.14. The quantitative estimate of drug-likeness (QED) is 0.459. The van der Waals surface area contributed by atoms with Crippen LogP contribution in [0, 0.1) is 0 Å². The van der Waals surface area contributed by atoms with Gasteiger partial charge in [-0.25, -0.2) is 4.98 Å². The fraction of sp³-hybridized carbons (Fsp3) is 0.292. The number of primary amides is 1. The van der Waals surface area contributed by atoms with Crippen LogP contribution in [-0.4, -0.2) is 62.1 Å². The summed E-state index contributed by atoms with van der Waals surface area (Å²) < 4.78 is 11.4. The Morgan fingerprint density at radius 1 is 1.09 bits per heavy atom. The molecule has 0 aliphatic heterocycles. The molecule has 0 aliphatic rings. The molecule has 2 aromatic carbocycles. The summed E-state index contributed by atoms with van der Waals surface area (Å²) >= 11 is 1.46. The molecule has 0 unspecified atom stereocenters. The van der Waals surface area contributed by atoms with Gasteiger partial charge in [0.1, 0.15) is 12.4 Å². The molecule has 8 nitrogen and oxygen atoms in total. The fourth-order valence-corrected chi connectivity index (χ4v) is 3.71. The lowest BCUT2D eigenvalue weighted by molar-refractivity contribution is 0.1000. The molecule has 0 bridgehead atoms. The molecule has 174 valence electrons. The van der Waals surface area contributed by atoms with Crippen LogP contribution in [0.1, 0.15) is 15.9 Å². The molecule has 3 aromatic rings. The highest BCUT2D eigenvalue weighted by atomic mass is 32.2. The minimum Gasteiger partial charge on any atom is -0.497 e. The van der Waals surface area contributed by atoms with E-state index in [1.807, 2.05) is 62.4 Å². The van der Waals surface area contributed by atoms with E-state index in [1.165, 1.54) is 11.8 Å². The number of ether oxygens (including phenoxy) is 2. The molecule has 0 spiro atoms. The van der Waals surface area contributed by atoms with Crippen LogP contribution in [0.15, 0.2) is 64.5 Å². The largest absolute Gasteiger partial charge is 0.497 e. The van der Waals surface area contributed by atoms with Crippen LogP contribution in [0.5, 0.6) is 11.6 Å². The average Bonchev–Trinajstić information content (AvgIpc) is 2.82. The standard InChI is InChI=1S/C24H29N5O3S/c1-28(2)12-13-29(3)24-26-15-21(33-20-10-8-18(9-11-20)22(25)30)23(27-24)32-16-17-6-5-7-19(14-17)31-4/h5-11,14-15H,12-13,16H2,1-4H3,(H2,25,30). The number of hydrogen-bond donors (Lipinski definition) is 1. The molecule has 1 aromatic heterocycles. The van der Waals surface area contributed by atoms with Gasteiger partial charge in [0.05, 0.1) is 18.2 Å². The number of likely N-dealkylation sites (N-methyl/N-ethyl adjacent to an activating group) is 2. The van der Waals surface area contributed by atoms with E-state index in [-0.39, 0.29) is 0 Å². The number of nitrogens with zero attached hydrogens (tertiary/aromatic N) is 4. The first kappa shape index (κ1) is 24.3. The molecule has 3 rings (SSSR count). The monoisotopic (exact) mass is 467 g/mol. The molecular formula is C24H29N5O3S. The van der Waals surface area contributed by atoms with Crippen molar-refractivity contribution in [1.82, 2.24) is 14.9 Å². The Bertz CT molecular complexity index is 1080. The van der Waals surface area contributed by atoms with Crippen LogP contribution in [0.25, 0.3) is 0 Å². The fourth-order valence-electron chi connectivity index (χ4n) is 2.88. The first-order chi connectivity index (χ1) is 15.9. The van der Waals surface area contributed by atoms with Crippen molar-refractivity contribution in [2.24, 2.45) is 5.73 Å². The SMILES string of the molecule is COc1cccc(COc2nc(N(C)CCN(C)C)ncc2Sc2ccc(C(N)=O)cc2)c1. The van der Waals surface area contributed by atoms with Crippen LogP contribution in [0.2, 0.25) is 0 Å². The first-order valence-corrected chi connectivity index (χ1v) is 11.2. The average molecular weight is 468 g/mol. The minimum atomic E-state index is -0.456. The van der Waals surface area contributed by atoms with E-state index in [4.69, 9.17) is 20.2 Å². The smallest absolute Gasteiger partial charge is 0.248 e. The summed E-state index contributed by atoms with van der Waals surface area (Å²) in [7, 11) is 7.65. The third kappa shape index (κ3) is 7.10. The Morgan fingerprint density at radius 3 is 2.52 bits per heavy atom. The molecule has 0 fully saturated rings. The Morgan fingerprint density at radius 2 is 1.85 bits per heavy atom. The first-order valence-electron chi connectivity index (χ1n) is 10.4. The Kier molecular flexibility index (Phi) is 8.51. The van der Waals surface area contributed by atoms with Gasteiger partial charge in [-0.1, -0.05) is 23.9 Å². The maximum absolute atomic E-state index is 11.3. The number of carbonyl (C=O) groups is 1. The molecule has 9 heteroatoms. The van der Waals surface area contributed by atoms with Gasteiger partial charge in [-0.15, -0.1) is 0 Å². The lowest BCUT2D eigenvalue weighted by Crippen LogP contribution is -2.29. The zero-order valence-corrected chi connectivity index (χ0v) is 20.1. The molecule has 33 heavy (non-hydrogen) atoms. The molecule has 1 heterocycles. The molecule has 0 atom stereocenters. The molecule has 0 saturated carbocycles.